The van der Waals surface area contributed by atoms with Crippen LogP contribution >= 0.6 is 0 Å². The third kappa shape index (κ3) is 3.73. The molecular weight excluding hydrogens is 283 g/mol. The maximum atomic E-state index is 8.85. The van der Waals surface area contributed by atoms with Crippen molar-refractivity contribution < 1.29 is 26.6 Å². The van der Waals surface area contributed by atoms with Crippen LogP contribution in [0.15, 0.2) is 21.9 Å². The summed E-state index contributed by atoms with van der Waals surface area (Å²) in [7, 11) is 1.66. The van der Waals surface area contributed by atoms with Crippen LogP contribution in [0, 0.1) is 0 Å². The molecule has 0 aromatic heterocycles. The molecule has 1 heterocycles. The van der Waals surface area contributed by atoms with Gasteiger partial charge in [0.2, 0.25) is 0 Å². The number of nitrogens with zero attached hydrogens (tertiary/aromatic N) is 2. The molecule has 0 saturated carbocycles. The zero-order chi connectivity index (χ0) is 9.52. The van der Waals surface area contributed by atoms with Crippen molar-refractivity contribution in [1.29, 1.82) is 0 Å². The Bertz CT molecular complexity index is 239. The Morgan fingerprint density at radius 2 is 2.69 bits per heavy atom. The van der Waals surface area contributed by atoms with Gasteiger partial charge in [-0.3, -0.25) is 0 Å². The van der Waals surface area contributed by atoms with Crippen molar-refractivity contribution in [2.75, 3.05) is 13.7 Å². The van der Waals surface area contributed by atoms with E-state index in [1.165, 1.54) is 6.34 Å². The minimum absolute atomic E-state index is 0.140. The fraction of sp³-hybridized carbons (Fsp3) is 0.429. The fourth-order valence-electron chi connectivity index (χ4n) is 0.742. The molecule has 0 aromatic carbocycles. The molecule has 0 radical (unpaired) electrons. The molecule has 13 heavy (non-hydrogen) atoms. The molecule has 0 amide bonds. The summed E-state index contributed by atoms with van der Waals surface area (Å²) in [4.78, 5) is 7.54. The topological polar surface area (TPSA) is 69.0 Å². The Labute approximate surface area is 87.7 Å². The zero-order valence-corrected chi connectivity index (χ0v) is 9.39. The second kappa shape index (κ2) is 5.92. The number of halogens is 1. The van der Waals surface area contributed by atoms with Crippen LogP contribution in [0.25, 0.3) is 0 Å². The third-order valence-corrected chi connectivity index (χ3v) is 3.74. The normalized spacial score (nSPS) is 22.9. The van der Waals surface area contributed by atoms with Crippen LogP contribution < -0.4 is 30.3 Å². The minimum atomic E-state index is -0.140. The van der Waals surface area contributed by atoms with E-state index in [-0.39, 0.29) is 28.1 Å². The predicted octanol–water partition coefficient (Wildman–Crippen LogP) is -3.93. The Morgan fingerprint density at radius 1 is 1.85 bits per heavy atom. The number of aliphatic hydroxyl groups is 1. The average molecular weight is 295 g/mol. The molecule has 1 rings (SSSR count). The summed E-state index contributed by atoms with van der Waals surface area (Å²) in [6, 6.07) is 0. The molecule has 5 nitrogen and oxygen atoms in total. The van der Waals surface area contributed by atoms with Crippen molar-refractivity contribution in [3.05, 3.63) is 11.9 Å². The van der Waals surface area contributed by atoms with Gasteiger partial charge in [0.25, 0.3) is 0 Å². The molecule has 6 heteroatoms. The van der Waals surface area contributed by atoms with Crippen LogP contribution in [0.3, 0.4) is 0 Å². The van der Waals surface area contributed by atoms with Gasteiger partial charge in [-0.1, -0.05) is 0 Å². The summed E-state index contributed by atoms with van der Waals surface area (Å²) >= 11 is -0.140. The molecule has 0 aliphatic carbocycles. The van der Waals surface area contributed by atoms with E-state index in [4.69, 9.17) is 5.11 Å². The van der Waals surface area contributed by atoms with Crippen molar-refractivity contribution >= 4 is 12.7 Å². The summed E-state index contributed by atoms with van der Waals surface area (Å²) in [6.45, 7) is 0.221. The number of aliphatic hydroxyl groups excluding tert-OH is 1. The third-order valence-electron chi connectivity index (χ3n) is 1.30. The maximum absolute atomic E-state index is 8.85. The van der Waals surface area contributed by atoms with Crippen LogP contribution in [0.4, 0.5) is 0 Å². The van der Waals surface area contributed by atoms with Gasteiger partial charge in [0, 0.05) is 0 Å². The number of aliphatic imine (C=N–C) groups is 2. The molecule has 0 saturated heterocycles. The van der Waals surface area contributed by atoms with E-state index in [2.05, 4.69) is 18.8 Å². The summed E-state index contributed by atoms with van der Waals surface area (Å²) < 4.78 is 3.51. The molecule has 0 bridgehead atoms. The molecule has 1 aliphatic heterocycles. The number of alkyl halides is 1. The number of hydrogen-bond donors (Lipinski definition) is 3. The van der Waals surface area contributed by atoms with Gasteiger partial charge < -0.3 is 0 Å². The van der Waals surface area contributed by atoms with Gasteiger partial charge in [-0.25, -0.2) is 0 Å². The van der Waals surface area contributed by atoms with Crippen LogP contribution in [0.1, 0.15) is 0 Å². The van der Waals surface area contributed by atoms with Gasteiger partial charge >= 0.3 is 87.6 Å². The molecule has 74 valence electrons. The standard InChI is InChI=1S/C7H12IN4O/c1-9-4-10-5-11-7-2-6(3-13)8-12-7/h2,4-6,12-13H,3H2,1H3,(H,9,10,11)/q-1. The first-order valence-corrected chi connectivity index (χ1v) is 6.09. The molecular formula is C7H12IN4O-. The Morgan fingerprint density at radius 3 is 3.31 bits per heavy atom. The second-order valence-corrected chi connectivity index (χ2v) is 5.04. The zero-order valence-electron chi connectivity index (χ0n) is 7.24. The van der Waals surface area contributed by atoms with Crippen molar-refractivity contribution in [2.24, 2.45) is 9.98 Å². The average Bonchev–Trinajstić information content (AvgIpc) is 2.60. The summed E-state index contributed by atoms with van der Waals surface area (Å²) in [6.07, 6.45) is 5.01. The monoisotopic (exact) mass is 295 g/mol. The van der Waals surface area contributed by atoms with Crippen molar-refractivity contribution in [3.8, 4) is 0 Å². The first-order valence-electron chi connectivity index (χ1n) is 3.76. The molecule has 3 N–H and O–H groups in total. The van der Waals surface area contributed by atoms with Crippen molar-refractivity contribution in [1.82, 2.24) is 8.85 Å². The van der Waals surface area contributed by atoms with Gasteiger partial charge in [-0.05, 0) is 0 Å². The van der Waals surface area contributed by atoms with E-state index in [1.54, 1.807) is 13.4 Å². The first kappa shape index (κ1) is 10.5. The Hall–Kier alpha value is -0.630. The van der Waals surface area contributed by atoms with Gasteiger partial charge in [-0.2, -0.15) is 0 Å². The molecule has 0 aromatic rings. The van der Waals surface area contributed by atoms with Crippen LogP contribution in [0.2, 0.25) is 0 Å². The van der Waals surface area contributed by atoms with Gasteiger partial charge in [0.1, 0.15) is 0 Å². The van der Waals surface area contributed by atoms with Crippen LogP contribution in [-0.2, 0) is 0 Å². The van der Waals surface area contributed by atoms with Crippen molar-refractivity contribution in [2.45, 2.75) is 3.92 Å². The molecule has 1 aliphatic rings. The van der Waals surface area contributed by atoms with Gasteiger partial charge in [0.05, 0.1) is 0 Å². The van der Waals surface area contributed by atoms with E-state index in [1.807, 2.05) is 6.08 Å². The van der Waals surface area contributed by atoms with E-state index in [0.29, 0.717) is 3.92 Å². The van der Waals surface area contributed by atoms with E-state index < -0.39 is 0 Å². The molecule has 0 fully saturated rings. The fourth-order valence-corrected chi connectivity index (χ4v) is 2.55. The van der Waals surface area contributed by atoms with Crippen LogP contribution in [0.5, 0.6) is 0 Å². The predicted molar refractivity (Wildman–Crippen MR) is 48.1 cm³/mol. The summed E-state index contributed by atoms with van der Waals surface area (Å²) in [5.41, 5.74) is 0. The molecule has 0 spiro atoms. The molecule has 1 unspecified atom stereocenters. The molecule has 1 atom stereocenters. The van der Waals surface area contributed by atoms with E-state index in [0.717, 1.165) is 5.82 Å². The first-order chi connectivity index (χ1) is 6.36. The van der Waals surface area contributed by atoms with Gasteiger partial charge in [0.15, 0.2) is 0 Å². The summed E-state index contributed by atoms with van der Waals surface area (Å²) in [5.74, 6) is 0.931. The van der Waals surface area contributed by atoms with E-state index >= 15 is 0 Å². The number of rotatable bonds is 4. The van der Waals surface area contributed by atoms with Gasteiger partial charge in [-0.15, -0.1) is 0 Å². The van der Waals surface area contributed by atoms with Crippen LogP contribution in [-0.4, -0.2) is 35.4 Å². The Kier molecular flexibility index (Phi) is 4.76. The quantitative estimate of drug-likeness (QED) is 0.163. The Balaban J connectivity index is 2.30. The van der Waals surface area contributed by atoms with E-state index in [9.17, 15) is 0 Å². The summed E-state index contributed by atoms with van der Waals surface area (Å²) in [5, 5.41) is 11.8. The number of nitrogens with one attached hydrogen (secondary N) is 2. The second-order valence-electron chi connectivity index (χ2n) is 2.28. The van der Waals surface area contributed by atoms with Crippen molar-refractivity contribution in [3.63, 3.8) is 0 Å². The number of hydrogen-bond acceptors (Lipinski definition) is 3. The SMILES string of the molecule is CN=CN=CNC1=CC(CO)[I-]N1.